The maximum Gasteiger partial charge on any atom is 0.335 e. The molecule has 0 aliphatic rings. The first kappa shape index (κ1) is 15.5. The summed E-state index contributed by atoms with van der Waals surface area (Å²) in [6.07, 6.45) is 0. The molecule has 0 bridgehead atoms. The van der Waals surface area contributed by atoms with Gasteiger partial charge in [-0.25, -0.2) is 17.6 Å². The second-order valence-electron chi connectivity index (χ2n) is 4.34. The van der Waals surface area contributed by atoms with Gasteiger partial charge in [-0.15, -0.1) is 0 Å². The van der Waals surface area contributed by atoms with E-state index in [4.69, 9.17) is 16.7 Å². The smallest absolute Gasteiger partial charge is 0.335 e. The van der Waals surface area contributed by atoms with Crippen molar-refractivity contribution in [1.29, 1.82) is 0 Å². The van der Waals surface area contributed by atoms with Gasteiger partial charge in [-0.1, -0.05) is 23.7 Å². The summed E-state index contributed by atoms with van der Waals surface area (Å²) in [6.45, 7) is 0. The molecule has 2 aromatic carbocycles. The predicted molar refractivity (Wildman–Crippen MR) is 75.7 cm³/mol. The number of hydrogen-bond donors (Lipinski definition) is 1. The average Bonchev–Trinajstić information content (AvgIpc) is 2.41. The Kier molecular flexibility index (Phi) is 4.29. The van der Waals surface area contributed by atoms with Crippen LogP contribution in [-0.4, -0.2) is 19.5 Å². The summed E-state index contributed by atoms with van der Waals surface area (Å²) < 4.78 is 38.1. The third-order valence-electron chi connectivity index (χ3n) is 2.78. The monoisotopic (exact) mass is 328 g/mol. The first-order chi connectivity index (χ1) is 9.79. The zero-order valence-corrected chi connectivity index (χ0v) is 12.2. The first-order valence-corrected chi connectivity index (χ1v) is 7.83. The fourth-order valence-corrected chi connectivity index (χ4v) is 3.34. The van der Waals surface area contributed by atoms with E-state index in [0.29, 0.717) is 10.6 Å². The SMILES string of the molecule is O=C(O)c1ccc(F)c(S(=O)(=O)Cc2ccc(Cl)cc2)c1. The molecule has 21 heavy (non-hydrogen) atoms. The Hall–Kier alpha value is -1.92. The number of benzene rings is 2. The number of halogens is 2. The number of carboxylic acid groups (broad SMARTS) is 1. The second-order valence-corrected chi connectivity index (χ2v) is 6.73. The third-order valence-corrected chi connectivity index (χ3v) is 4.73. The van der Waals surface area contributed by atoms with Crippen LogP contribution in [0.15, 0.2) is 47.4 Å². The standard InChI is InChI=1S/C14H10ClFO4S/c15-11-4-1-9(2-5-11)8-21(19,20)13-7-10(14(17)18)3-6-12(13)16/h1-7H,8H2,(H,17,18). The fourth-order valence-electron chi connectivity index (χ4n) is 1.75. The molecule has 0 fully saturated rings. The Bertz CT molecular complexity index is 785. The van der Waals surface area contributed by atoms with Gasteiger partial charge in [0.05, 0.1) is 11.3 Å². The van der Waals surface area contributed by atoms with E-state index in [9.17, 15) is 17.6 Å². The van der Waals surface area contributed by atoms with Gasteiger partial charge in [0.1, 0.15) is 10.7 Å². The number of sulfone groups is 1. The van der Waals surface area contributed by atoms with Crippen LogP contribution in [0.25, 0.3) is 0 Å². The zero-order valence-electron chi connectivity index (χ0n) is 10.6. The van der Waals surface area contributed by atoms with E-state index >= 15 is 0 Å². The Morgan fingerprint density at radius 3 is 2.33 bits per heavy atom. The van der Waals surface area contributed by atoms with Crippen molar-refractivity contribution in [3.8, 4) is 0 Å². The van der Waals surface area contributed by atoms with Crippen LogP contribution in [0.2, 0.25) is 5.02 Å². The quantitative estimate of drug-likeness (QED) is 0.935. The normalized spacial score (nSPS) is 11.3. The Labute approximate surface area is 125 Å². The van der Waals surface area contributed by atoms with E-state index < -0.39 is 32.3 Å². The summed E-state index contributed by atoms with van der Waals surface area (Å²) in [6, 6.07) is 8.74. The molecule has 0 unspecified atom stereocenters. The molecule has 2 rings (SSSR count). The van der Waals surface area contributed by atoms with Crippen molar-refractivity contribution in [3.63, 3.8) is 0 Å². The number of hydrogen-bond acceptors (Lipinski definition) is 3. The number of carboxylic acids is 1. The molecule has 0 saturated carbocycles. The number of rotatable bonds is 4. The van der Waals surface area contributed by atoms with Gasteiger partial charge in [0.2, 0.25) is 0 Å². The van der Waals surface area contributed by atoms with Gasteiger partial charge in [0, 0.05) is 5.02 Å². The van der Waals surface area contributed by atoms with Crippen LogP contribution in [-0.2, 0) is 15.6 Å². The van der Waals surface area contributed by atoms with Crippen LogP contribution in [0.4, 0.5) is 4.39 Å². The van der Waals surface area contributed by atoms with Crippen LogP contribution in [0.3, 0.4) is 0 Å². The largest absolute Gasteiger partial charge is 0.478 e. The van der Waals surface area contributed by atoms with E-state index in [1.807, 2.05) is 0 Å². The number of carbonyl (C=O) groups is 1. The van der Waals surface area contributed by atoms with Gasteiger partial charge >= 0.3 is 5.97 Å². The molecule has 0 spiro atoms. The first-order valence-electron chi connectivity index (χ1n) is 5.79. The van der Waals surface area contributed by atoms with Crippen molar-refractivity contribution in [2.24, 2.45) is 0 Å². The number of aromatic carboxylic acids is 1. The van der Waals surface area contributed by atoms with Gasteiger partial charge in [0.25, 0.3) is 0 Å². The third kappa shape index (κ3) is 3.59. The molecule has 0 atom stereocenters. The Morgan fingerprint density at radius 1 is 1.14 bits per heavy atom. The molecule has 0 aromatic heterocycles. The lowest BCUT2D eigenvalue weighted by Gasteiger charge is -2.07. The van der Waals surface area contributed by atoms with Crippen molar-refractivity contribution >= 4 is 27.4 Å². The minimum absolute atomic E-state index is 0.286. The molecule has 110 valence electrons. The molecule has 0 radical (unpaired) electrons. The highest BCUT2D eigenvalue weighted by molar-refractivity contribution is 7.90. The molecule has 0 aliphatic heterocycles. The molecular formula is C14H10ClFO4S. The summed E-state index contributed by atoms with van der Waals surface area (Å²) in [4.78, 5) is 10.2. The molecule has 7 heteroatoms. The molecular weight excluding hydrogens is 319 g/mol. The van der Waals surface area contributed by atoms with Gasteiger partial charge in [0.15, 0.2) is 9.84 Å². The van der Waals surface area contributed by atoms with E-state index in [-0.39, 0.29) is 5.56 Å². The summed E-state index contributed by atoms with van der Waals surface area (Å²) in [7, 11) is -3.99. The molecule has 0 aliphatic carbocycles. The van der Waals surface area contributed by atoms with Crippen molar-refractivity contribution < 1.29 is 22.7 Å². The lowest BCUT2D eigenvalue weighted by Crippen LogP contribution is -2.09. The van der Waals surface area contributed by atoms with Gasteiger partial charge in [-0.05, 0) is 35.9 Å². The summed E-state index contributed by atoms with van der Waals surface area (Å²) in [5.41, 5.74) is 0.144. The van der Waals surface area contributed by atoms with E-state index in [2.05, 4.69) is 0 Å². The Morgan fingerprint density at radius 2 is 1.76 bits per heavy atom. The summed E-state index contributed by atoms with van der Waals surface area (Å²) in [5.74, 6) is -2.74. The molecule has 0 amide bonds. The molecule has 2 aromatic rings. The van der Waals surface area contributed by atoms with E-state index in [1.54, 1.807) is 0 Å². The van der Waals surface area contributed by atoms with Crippen LogP contribution in [0, 0.1) is 5.82 Å². The van der Waals surface area contributed by atoms with Crippen molar-refractivity contribution in [3.05, 3.63) is 64.4 Å². The summed E-state index contributed by atoms with van der Waals surface area (Å²) in [5, 5.41) is 9.31. The van der Waals surface area contributed by atoms with E-state index in [0.717, 1.165) is 18.2 Å². The molecule has 0 heterocycles. The summed E-state index contributed by atoms with van der Waals surface area (Å²) >= 11 is 5.71. The maximum absolute atomic E-state index is 13.7. The Balaban J connectivity index is 2.41. The van der Waals surface area contributed by atoms with Gasteiger partial charge < -0.3 is 5.11 Å². The van der Waals surface area contributed by atoms with Crippen LogP contribution >= 0.6 is 11.6 Å². The highest BCUT2D eigenvalue weighted by Gasteiger charge is 2.21. The van der Waals surface area contributed by atoms with Crippen LogP contribution in [0.5, 0.6) is 0 Å². The molecule has 0 saturated heterocycles. The van der Waals surface area contributed by atoms with Crippen molar-refractivity contribution in [2.75, 3.05) is 0 Å². The van der Waals surface area contributed by atoms with Crippen molar-refractivity contribution in [2.45, 2.75) is 10.6 Å². The molecule has 1 N–H and O–H groups in total. The zero-order chi connectivity index (χ0) is 15.6. The van der Waals surface area contributed by atoms with Crippen molar-refractivity contribution in [1.82, 2.24) is 0 Å². The highest BCUT2D eigenvalue weighted by Crippen LogP contribution is 2.22. The van der Waals surface area contributed by atoms with Crippen LogP contribution in [0.1, 0.15) is 15.9 Å². The lowest BCUT2D eigenvalue weighted by molar-refractivity contribution is 0.0696. The maximum atomic E-state index is 13.7. The molecule has 4 nitrogen and oxygen atoms in total. The lowest BCUT2D eigenvalue weighted by atomic mass is 10.2. The van der Waals surface area contributed by atoms with Gasteiger partial charge in [-0.2, -0.15) is 0 Å². The minimum atomic E-state index is -3.99. The predicted octanol–water partition coefficient (Wildman–Crippen LogP) is 3.15. The minimum Gasteiger partial charge on any atom is -0.478 e. The van der Waals surface area contributed by atoms with Gasteiger partial charge in [-0.3, -0.25) is 0 Å². The second kappa shape index (κ2) is 5.83. The average molecular weight is 329 g/mol. The topological polar surface area (TPSA) is 71.4 Å². The fraction of sp³-hybridized carbons (Fsp3) is 0.0714. The highest BCUT2D eigenvalue weighted by atomic mass is 35.5. The van der Waals surface area contributed by atoms with E-state index in [1.165, 1.54) is 24.3 Å². The van der Waals surface area contributed by atoms with Crippen LogP contribution < -0.4 is 0 Å².